The van der Waals surface area contributed by atoms with Gasteiger partial charge in [-0.25, -0.2) is 9.67 Å². The zero-order valence-electron chi connectivity index (χ0n) is 13.6. The topological polar surface area (TPSA) is 104 Å². The van der Waals surface area contributed by atoms with Crippen molar-refractivity contribution in [2.75, 3.05) is 12.4 Å². The number of aliphatic hydroxyl groups excluding tert-OH is 1. The number of rotatable bonds is 5. The summed E-state index contributed by atoms with van der Waals surface area (Å²) in [7, 11) is 1.87. The molecule has 9 heteroatoms. The van der Waals surface area contributed by atoms with Crippen molar-refractivity contribution >= 4 is 23.3 Å². The third-order valence-electron chi connectivity index (χ3n) is 4.15. The molecule has 3 rings (SSSR count). The van der Waals surface area contributed by atoms with Crippen LogP contribution in [0.25, 0.3) is 11.2 Å². The van der Waals surface area contributed by atoms with Gasteiger partial charge in [0.15, 0.2) is 11.2 Å². The molecule has 1 aliphatic carbocycles. The molecular weight excluding hydrogens is 296 g/mol. The number of aromatic nitrogens is 5. The van der Waals surface area contributed by atoms with Crippen molar-refractivity contribution in [3.63, 3.8) is 0 Å². The monoisotopic (exact) mass is 318 g/mol. The van der Waals surface area contributed by atoms with E-state index in [0.29, 0.717) is 17.1 Å². The molecule has 1 fully saturated rings. The molecule has 3 atom stereocenters. The number of nitrogens with zero attached hydrogens (tertiary/aromatic N) is 7. The Labute approximate surface area is 134 Å². The van der Waals surface area contributed by atoms with Crippen molar-refractivity contribution in [3.8, 4) is 0 Å². The molecule has 0 amide bonds. The van der Waals surface area contributed by atoms with E-state index in [2.05, 4.69) is 30.7 Å². The first-order chi connectivity index (χ1) is 11.1. The number of nitrogens with one attached hydrogen (secondary N) is 1. The summed E-state index contributed by atoms with van der Waals surface area (Å²) >= 11 is 0. The molecule has 2 aromatic rings. The Bertz CT molecular complexity index is 699. The largest absolute Gasteiger partial charge is 0.393 e. The summed E-state index contributed by atoms with van der Waals surface area (Å²) < 4.78 is 1.72. The zero-order valence-corrected chi connectivity index (χ0v) is 13.6. The molecule has 1 aliphatic rings. The van der Waals surface area contributed by atoms with Crippen LogP contribution in [0.2, 0.25) is 0 Å². The molecule has 2 aromatic heterocycles. The van der Waals surface area contributed by atoms with E-state index < -0.39 is 0 Å². The van der Waals surface area contributed by atoms with Gasteiger partial charge in [-0.3, -0.25) is 5.01 Å². The number of anilines is 1. The minimum absolute atomic E-state index is 0.118. The number of hydrazone groups is 1. The standard InChI is InChI=1S/C14H22N8O/c1-4-16-21(3)9(2)22-13-12(19-20-22)8-15-14(18-13)17-10-5-6-11(23)7-10/h4,8-11,23H,5-7H2,1-3H3,(H,15,17,18)/b16-4-/t9?,10-,11-/m0/s1. The molecule has 0 spiro atoms. The first kappa shape index (κ1) is 15.6. The van der Waals surface area contributed by atoms with E-state index in [9.17, 15) is 5.11 Å². The second-order valence-corrected chi connectivity index (χ2v) is 5.82. The van der Waals surface area contributed by atoms with Gasteiger partial charge < -0.3 is 10.4 Å². The van der Waals surface area contributed by atoms with Crippen LogP contribution in [0.1, 0.15) is 39.3 Å². The summed E-state index contributed by atoms with van der Waals surface area (Å²) in [6.07, 6.45) is 5.50. The number of hydrogen-bond acceptors (Lipinski definition) is 8. The van der Waals surface area contributed by atoms with Crippen LogP contribution >= 0.6 is 0 Å². The molecule has 1 saturated carbocycles. The van der Waals surface area contributed by atoms with Crippen molar-refractivity contribution in [2.45, 2.75) is 51.4 Å². The van der Waals surface area contributed by atoms with E-state index in [1.165, 1.54) is 0 Å². The van der Waals surface area contributed by atoms with Gasteiger partial charge in [-0.2, -0.15) is 10.1 Å². The lowest BCUT2D eigenvalue weighted by Gasteiger charge is -2.21. The minimum atomic E-state index is -0.232. The van der Waals surface area contributed by atoms with E-state index in [0.717, 1.165) is 19.3 Å². The maximum atomic E-state index is 9.62. The molecule has 0 aliphatic heterocycles. The van der Waals surface area contributed by atoms with Crippen LogP contribution in [0.5, 0.6) is 0 Å². The van der Waals surface area contributed by atoms with Crippen molar-refractivity contribution in [3.05, 3.63) is 6.20 Å². The van der Waals surface area contributed by atoms with Crippen LogP contribution in [0, 0.1) is 0 Å². The molecule has 0 radical (unpaired) electrons. The van der Waals surface area contributed by atoms with E-state index in [1.54, 1.807) is 22.1 Å². The number of hydrogen-bond donors (Lipinski definition) is 2. The second-order valence-electron chi connectivity index (χ2n) is 5.82. The van der Waals surface area contributed by atoms with Crippen LogP contribution < -0.4 is 5.32 Å². The third-order valence-corrected chi connectivity index (χ3v) is 4.15. The zero-order chi connectivity index (χ0) is 16.4. The summed E-state index contributed by atoms with van der Waals surface area (Å²) in [4.78, 5) is 8.83. The first-order valence-corrected chi connectivity index (χ1v) is 7.82. The highest BCUT2D eigenvalue weighted by molar-refractivity contribution is 5.69. The molecule has 2 N–H and O–H groups in total. The van der Waals surface area contributed by atoms with Gasteiger partial charge in [-0.15, -0.1) is 5.10 Å². The fourth-order valence-electron chi connectivity index (χ4n) is 2.77. The summed E-state index contributed by atoms with van der Waals surface area (Å²) in [6, 6.07) is 0.205. The SMILES string of the molecule is C/C=N\N(C)C(C)n1nnc2cnc(N[C@H]3CC[C@H](O)C3)nc21. The molecule has 23 heavy (non-hydrogen) atoms. The Morgan fingerprint density at radius 2 is 2.35 bits per heavy atom. The average molecular weight is 318 g/mol. The van der Waals surface area contributed by atoms with Crippen molar-refractivity contribution < 1.29 is 5.11 Å². The molecule has 2 heterocycles. The van der Waals surface area contributed by atoms with E-state index >= 15 is 0 Å². The fourth-order valence-corrected chi connectivity index (χ4v) is 2.77. The lowest BCUT2D eigenvalue weighted by Crippen LogP contribution is -2.24. The van der Waals surface area contributed by atoms with E-state index in [4.69, 9.17) is 0 Å². The molecular formula is C14H22N8O. The van der Waals surface area contributed by atoms with Gasteiger partial charge in [0.05, 0.1) is 12.3 Å². The summed E-state index contributed by atoms with van der Waals surface area (Å²) in [5, 5.41) is 27.2. The Balaban J connectivity index is 1.84. The molecule has 0 saturated heterocycles. The van der Waals surface area contributed by atoms with Crippen molar-refractivity contribution in [1.82, 2.24) is 30.0 Å². The molecule has 0 aromatic carbocycles. The lowest BCUT2D eigenvalue weighted by molar-refractivity contribution is 0.182. The van der Waals surface area contributed by atoms with E-state index in [1.807, 2.05) is 20.9 Å². The highest BCUT2D eigenvalue weighted by Crippen LogP contribution is 2.22. The maximum Gasteiger partial charge on any atom is 0.225 e. The van der Waals surface area contributed by atoms with E-state index in [-0.39, 0.29) is 18.3 Å². The quantitative estimate of drug-likeness (QED) is 0.626. The van der Waals surface area contributed by atoms with Crippen LogP contribution in [0.4, 0.5) is 5.95 Å². The molecule has 9 nitrogen and oxygen atoms in total. The number of aliphatic hydroxyl groups is 1. The van der Waals surface area contributed by atoms with Crippen LogP contribution in [0.15, 0.2) is 11.3 Å². The van der Waals surface area contributed by atoms with Gasteiger partial charge in [0, 0.05) is 19.3 Å². The highest BCUT2D eigenvalue weighted by atomic mass is 16.3. The van der Waals surface area contributed by atoms with Gasteiger partial charge >= 0.3 is 0 Å². The Morgan fingerprint density at radius 3 is 3.04 bits per heavy atom. The van der Waals surface area contributed by atoms with Gasteiger partial charge in [-0.05, 0) is 33.1 Å². The van der Waals surface area contributed by atoms with Gasteiger partial charge in [-0.1, -0.05) is 5.21 Å². The Hall–Kier alpha value is -2.29. The van der Waals surface area contributed by atoms with Crippen molar-refractivity contribution in [1.29, 1.82) is 0 Å². The van der Waals surface area contributed by atoms with Crippen LogP contribution in [0.3, 0.4) is 0 Å². The predicted molar refractivity (Wildman–Crippen MR) is 87.0 cm³/mol. The average Bonchev–Trinajstić information content (AvgIpc) is 3.13. The molecule has 0 bridgehead atoms. The Kier molecular flexibility index (Phi) is 4.37. The second kappa shape index (κ2) is 6.45. The van der Waals surface area contributed by atoms with Gasteiger partial charge in [0.1, 0.15) is 6.17 Å². The number of fused-ring (bicyclic) bond motifs is 1. The minimum Gasteiger partial charge on any atom is -0.393 e. The maximum absolute atomic E-state index is 9.62. The van der Waals surface area contributed by atoms with Gasteiger partial charge in [0.2, 0.25) is 5.95 Å². The van der Waals surface area contributed by atoms with Crippen LogP contribution in [-0.2, 0) is 0 Å². The summed E-state index contributed by atoms with van der Waals surface area (Å²) in [5.74, 6) is 0.536. The predicted octanol–water partition coefficient (Wildman–Crippen LogP) is 1.00. The normalized spacial score (nSPS) is 22.8. The van der Waals surface area contributed by atoms with Crippen LogP contribution in [-0.4, -0.2) is 60.5 Å². The molecule has 1 unspecified atom stereocenters. The third kappa shape index (κ3) is 3.24. The Morgan fingerprint density at radius 1 is 1.52 bits per heavy atom. The van der Waals surface area contributed by atoms with Gasteiger partial charge in [0.25, 0.3) is 0 Å². The summed E-state index contributed by atoms with van der Waals surface area (Å²) in [5.41, 5.74) is 1.30. The first-order valence-electron chi connectivity index (χ1n) is 7.82. The summed E-state index contributed by atoms with van der Waals surface area (Å²) in [6.45, 7) is 3.84. The smallest absolute Gasteiger partial charge is 0.225 e. The molecule has 124 valence electrons. The highest BCUT2D eigenvalue weighted by Gasteiger charge is 2.24. The fraction of sp³-hybridized carbons (Fsp3) is 0.643. The lowest BCUT2D eigenvalue weighted by atomic mass is 10.2. The van der Waals surface area contributed by atoms with Crippen molar-refractivity contribution in [2.24, 2.45) is 5.10 Å².